The number of halogens is 5. The zero-order valence-corrected chi connectivity index (χ0v) is 14.4. The third-order valence-corrected chi connectivity index (χ3v) is 4.10. The van der Waals surface area contributed by atoms with Crippen molar-refractivity contribution in [3.8, 4) is 11.1 Å². The van der Waals surface area contributed by atoms with Crippen LogP contribution in [0.15, 0.2) is 48.5 Å². The summed E-state index contributed by atoms with van der Waals surface area (Å²) in [5, 5.41) is 0.777. The van der Waals surface area contributed by atoms with E-state index < -0.39 is 15.6 Å². The van der Waals surface area contributed by atoms with Crippen molar-refractivity contribution in [3.05, 3.63) is 57.1 Å². The van der Waals surface area contributed by atoms with Crippen molar-refractivity contribution in [3.63, 3.8) is 0 Å². The third kappa shape index (κ3) is 5.75. The van der Waals surface area contributed by atoms with Gasteiger partial charge >= 0.3 is 15.6 Å². The van der Waals surface area contributed by atoms with Crippen molar-refractivity contribution in [1.82, 2.24) is 0 Å². The Kier molecular flexibility index (Phi) is 6.65. The number of hydrogen-bond donors (Lipinski definition) is 1. The van der Waals surface area contributed by atoms with E-state index in [0.717, 1.165) is 5.02 Å². The quantitative estimate of drug-likeness (QED) is 0.367. The summed E-state index contributed by atoms with van der Waals surface area (Å²) >= 11 is 8.18. The minimum Gasteiger partial charge on any atom is -0.279 e. The lowest BCUT2D eigenvalue weighted by Crippen LogP contribution is -2.21. The summed E-state index contributed by atoms with van der Waals surface area (Å²) in [7, 11) is -5.84. The van der Waals surface area contributed by atoms with Crippen LogP contribution in [0.4, 0.5) is 13.2 Å². The summed E-state index contributed by atoms with van der Waals surface area (Å²) in [5.74, 6) is 0. The van der Waals surface area contributed by atoms with Crippen molar-refractivity contribution in [2.45, 2.75) is 5.51 Å². The van der Waals surface area contributed by atoms with Crippen LogP contribution >= 0.6 is 34.2 Å². The van der Waals surface area contributed by atoms with Gasteiger partial charge in [-0.15, -0.1) is 0 Å². The van der Waals surface area contributed by atoms with Gasteiger partial charge in [-0.1, -0.05) is 41.9 Å². The Balaban J connectivity index is 0.000000261. The van der Waals surface area contributed by atoms with Gasteiger partial charge in [0.05, 0.1) is 0 Å². The van der Waals surface area contributed by atoms with E-state index in [9.17, 15) is 13.2 Å². The Hall–Kier alpha value is -0.840. The van der Waals surface area contributed by atoms with E-state index in [4.69, 9.17) is 24.6 Å². The molecule has 2 aromatic carbocycles. The molecule has 22 heavy (non-hydrogen) atoms. The van der Waals surface area contributed by atoms with Gasteiger partial charge in [-0.05, 0) is 51.9 Å². The zero-order valence-electron chi connectivity index (χ0n) is 10.7. The zero-order chi connectivity index (χ0) is 17.0. The molecule has 120 valence electrons. The number of benzene rings is 2. The van der Waals surface area contributed by atoms with Crippen LogP contribution in [0.25, 0.3) is 11.1 Å². The highest BCUT2D eigenvalue weighted by atomic mass is 127. The Morgan fingerprint density at radius 3 is 1.86 bits per heavy atom. The van der Waals surface area contributed by atoms with Crippen molar-refractivity contribution < 1.29 is 26.1 Å². The first-order valence-corrected chi connectivity index (χ1v) is 8.46. The lowest BCUT2D eigenvalue weighted by molar-refractivity contribution is -0.0510. The lowest BCUT2D eigenvalue weighted by atomic mass is 10.1. The van der Waals surface area contributed by atoms with Crippen LogP contribution in [0.3, 0.4) is 0 Å². The molecule has 0 heterocycles. The van der Waals surface area contributed by atoms with Crippen LogP contribution in [0.2, 0.25) is 5.02 Å². The standard InChI is InChI=1S/C12H8ClI.CHF3O3S/c13-10-7-5-9(6-8-10)11-3-1-2-4-12(11)14;2-1(3,4)8(5,6)7/h1-8H;(H,5,6,7). The highest BCUT2D eigenvalue weighted by Gasteiger charge is 2.44. The molecule has 2 aromatic rings. The number of hydrogen-bond acceptors (Lipinski definition) is 2. The van der Waals surface area contributed by atoms with Gasteiger partial charge in [0.25, 0.3) is 0 Å². The van der Waals surface area contributed by atoms with Crippen LogP contribution in [-0.2, 0) is 10.1 Å². The Morgan fingerprint density at radius 2 is 1.45 bits per heavy atom. The summed E-state index contributed by atoms with van der Waals surface area (Å²) in [6, 6.07) is 16.2. The maximum atomic E-state index is 10.7. The van der Waals surface area contributed by atoms with E-state index in [1.54, 1.807) is 0 Å². The Bertz CT molecular complexity index is 731. The predicted octanol–water partition coefficient (Wildman–Crippen LogP) is 5.01. The highest BCUT2D eigenvalue weighted by molar-refractivity contribution is 14.1. The summed E-state index contributed by atoms with van der Waals surface area (Å²) in [6.45, 7) is 0. The van der Waals surface area contributed by atoms with Crippen LogP contribution in [0.5, 0.6) is 0 Å². The molecule has 0 atom stereocenters. The summed E-state index contributed by atoms with van der Waals surface area (Å²) in [6.07, 6.45) is 0. The minimum absolute atomic E-state index is 0.777. The van der Waals surface area contributed by atoms with Crippen molar-refractivity contribution in [2.24, 2.45) is 0 Å². The normalized spacial score (nSPS) is 11.5. The second-order valence-electron chi connectivity index (χ2n) is 3.91. The molecule has 0 radical (unpaired) electrons. The fourth-order valence-electron chi connectivity index (χ4n) is 1.32. The van der Waals surface area contributed by atoms with Gasteiger partial charge < -0.3 is 0 Å². The first-order valence-electron chi connectivity index (χ1n) is 5.56. The molecular formula is C13H9ClF3IO3S. The van der Waals surface area contributed by atoms with Crippen molar-refractivity contribution >= 4 is 44.3 Å². The first-order chi connectivity index (χ1) is 10.0. The van der Waals surface area contributed by atoms with E-state index in [2.05, 4.69) is 34.7 Å². The largest absolute Gasteiger partial charge is 0.522 e. The van der Waals surface area contributed by atoms with E-state index in [0.29, 0.717) is 0 Å². The summed E-state index contributed by atoms with van der Waals surface area (Å²) < 4.78 is 58.8. The average molecular weight is 465 g/mol. The molecule has 0 unspecified atom stereocenters. The number of rotatable bonds is 1. The molecule has 0 aliphatic rings. The molecule has 3 nitrogen and oxygen atoms in total. The topological polar surface area (TPSA) is 54.4 Å². The highest BCUT2D eigenvalue weighted by Crippen LogP contribution is 2.25. The molecule has 0 saturated heterocycles. The fourth-order valence-corrected chi connectivity index (χ4v) is 2.15. The molecule has 1 N–H and O–H groups in total. The Labute approximate surface area is 144 Å². The van der Waals surface area contributed by atoms with Crippen molar-refractivity contribution in [2.75, 3.05) is 0 Å². The molecule has 0 amide bonds. The van der Waals surface area contributed by atoms with Gasteiger partial charge in [0.1, 0.15) is 0 Å². The monoisotopic (exact) mass is 464 g/mol. The first kappa shape index (κ1) is 19.2. The van der Waals surface area contributed by atoms with Crippen LogP contribution < -0.4 is 0 Å². The smallest absolute Gasteiger partial charge is 0.279 e. The van der Waals surface area contributed by atoms with Gasteiger partial charge in [-0.2, -0.15) is 21.6 Å². The molecule has 0 saturated carbocycles. The van der Waals surface area contributed by atoms with E-state index in [-0.39, 0.29) is 0 Å². The molecule has 0 aliphatic carbocycles. The summed E-state index contributed by atoms with van der Waals surface area (Å²) in [5.41, 5.74) is -3.07. The van der Waals surface area contributed by atoms with Gasteiger partial charge in [0, 0.05) is 8.59 Å². The second-order valence-corrected chi connectivity index (χ2v) is 6.92. The van der Waals surface area contributed by atoms with Gasteiger partial charge in [-0.3, -0.25) is 4.55 Å². The molecule has 0 fully saturated rings. The van der Waals surface area contributed by atoms with Crippen LogP contribution in [0, 0.1) is 3.57 Å². The maximum absolute atomic E-state index is 10.7. The molecule has 0 aliphatic heterocycles. The van der Waals surface area contributed by atoms with Crippen LogP contribution in [-0.4, -0.2) is 18.5 Å². The van der Waals surface area contributed by atoms with Gasteiger partial charge in [0.2, 0.25) is 0 Å². The average Bonchev–Trinajstić information content (AvgIpc) is 2.39. The fraction of sp³-hybridized carbons (Fsp3) is 0.0769. The Morgan fingerprint density at radius 1 is 1.00 bits per heavy atom. The SMILES string of the molecule is Clc1ccc(-c2ccccc2I)cc1.O=S(=O)(O)C(F)(F)F. The summed E-state index contributed by atoms with van der Waals surface area (Å²) in [4.78, 5) is 0. The third-order valence-electron chi connectivity index (χ3n) is 2.32. The lowest BCUT2D eigenvalue weighted by Gasteiger charge is -2.03. The van der Waals surface area contributed by atoms with Gasteiger partial charge in [-0.25, -0.2) is 0 Å². The molecular weight excluding hydrogens is 456 g/mol. The molecule has 2 rings (SSSR count). The minimum atomic E-state index is -5.84. The second kappa shape index (κ2) is 7.62. The molecule has 9 heteroatoms. The predicted molar refractivity (Wildman–Crippen MR) is 87.2 cm³/mol. The molecule has 0 aromatic heterocycles. The maximum Gasteiger partial charge on any atom is 0.522 e. The van der Waals surface area contributed by atoms with Gasteiger partial charge in [0.15, 0.2) is 0 Å². The van der Waals surface area contributed by atoms with E-state index in [1.807, 2.05) is 36.4 Å². The molecule has 0 spiro atoms. The van der Waals surface area contributed by atoms with E-state index in [1.165, 1.54) is 14.7 Å². The van der Waals surface area contributed by atoms with Crippen LogP contribution in [0.1, 0.15) is 0 Å². The number of alkyl halides is 3. The van der Waals surface area contributed by atoms with Crippen molar-refractivity contribution in [1.29, 1.82) is 0 Å². The molecule has 0 bridgehead atoms. The van der Waals surface area contributed by atoms with E-state index >= 15 is 0 Å².